The number of rotatable bonds is 2. The summed E-state index contributed by atoms with van der Waals surface area (Å²) in [5.41, 5.74) is 6.05. The van der Waals surface area contributed by atoms with E-state index in [4.69, 9.17) is 15.3 Å². The van der Waals surface area contributed by atoms with Crippen molar-refractivity contribution in [2.75, 3.05) is 0 Å². The van der Waals surface area contributed by atoms with Gasteiger partial charge in [0.15, 0.2) is 6.04 Å². The van der Waals surface area contributed by atoms with Crippen molar-refractivity contribution in [1.29, 1.82) is 0 Å². The largest absolute Gasteiger partial charge is 0.480 e. The normalized spacial score (nSPS) is 12.9. The molecule has 0 amide bonds. The van der Waals surface area contributed by atoms with E-state index >= 15 is 0 Å². The van der Waals surface area contributed by atoms with Gasteiger partial charge in [-0.1, -0.05) is 0 Å². The Morgan fingerprint density at radius 1 is 1.82 bits per heavy atom. The summed E-state index contributed by atoms with van der Waals surface area (Å²) >= 11 is 0. The maximum absolute atomic E-state index is 10.4. The third-order valence-corrected chi connectivity index (χ3v) is 1.45. The van der Waals surface area contributed by atoms with E-state index in [1.807, 2.05) is 0 Å². The molecule has 0 fully saturated rings. The van der Waals surface area contributed by atoms with Crippen molar-refractivity contribution in [3.63, 3.8) is 0 Å². The highest BCUT2D eigenvalue weighted by Gasteiger charge is 2.19. The van der Waals surface area contributed by atoms with Gasteiger partial charge in [-0.05, 0) is 18.6 Å². The van der Waals surface area contributed by atoms with Gasteiger partial charge in [0.05, 0.1) is 6.26 Å². The Kier molecular flexibility index (Phi) is 1.96. The van der Waals surface area contributed by atoms with Crippen LogP contribution in [-0.4, -0.2) is 11.1 Å². The van der Waals surface area contributed by atoms with Crippen molar-refractivity contribution in [2.45, 2.75) is 13.0 Å². The molecule has 0 spiro atoms. The molecule has 1 unspecified atom stereocenters. The summed E-state index contributed by atoms with van der Waals surface area (Å²) in [5.74, 6) is -0.763. The molecule has 1 rings (SSSR count). The van der Waals surface area contributed by atoms with Crippen LogP contribution >= 0.6 is 0 Å². The molecular formula is C7H9NO3. The van der Waals surface area contributed by atoms with Gasteiger partial charge < -0.3 is 15.3 Å². The summed E-state index contributed by atoms with van der Waals surface area (Å²) in [7, 11) is 0. The Bertz CT molecular complexity index is 266. The average molecular weight is 155 g/mol. The molecule has 60 valence electrons. The second kappa shape index (κ2) is 2.75. The molecule has 0 aromatic carbocycles. The van der Waals surface area contributed by atoms with Gasteiger partial charge in [-0.2, -0.15) is 0 Å². The average Bonchev–Trinajstić information content (AvgIpc) is 2.33. The maximum Gasteiger partial charge on any atom is 0.328 e. The number of hydrogen-bond acceptors (Lipinski definition) is 3. The highest BCUT2D eigenvalue weighted by atomic mass is 16.4. The minimum absolute atomic E-state index is 0.317. The van der Waals surface area contributed by atoms with Gasteiger partial charge in [-0.3, -0.25) is 4.79 Å². The fourth-order valence-electron chi connectivity index (χ4n) is 0.815. The third kappa shape index (κ3) is 1.40. The quantitative estimate of drug-likeness (QED) is 0.658. The van der Waals surface area contributed by atoms with E-state index < -0.39 is 12.0 Å². The van der Waals surface area contributed by atoms with Gasteiger partial charge >= 0.3 is 5.97 Å². The lowest BCUT2D eigenvalue weighted by molar-refractivity contribution is -0.139. The summed E-state index contributed by atoms with van der Waals surface area (Å²) in [4.78, 5) is 10.4. The van der Waals surface area contributed by atoms with Crippen LogP contribution in [-0.2, 0) is 4.79 Å². The SMILES string of the molecule is Cc1ccoc1C(N)C(=O)O. The molecule has 1 aromatic heterocycles. The first-order valence-electron chi connectivity index (χ1n) is 3.15. The summed E-state index contributed by atoms with van der Waals surface area (Å²) < 4.78 is 4.88. The Morgan fingerprint density at radius 3 is 2.82 bits per heavy atom. The molecule has 1 heterocycles. The van der Waals surface area contributed by atoms with Crippen molar-refractivity contribution in [1.82, 2.24) is 0 Å². The van der Waals surface area contributed by atoms with Gasteiger partial charge in [0.1, 0.15) is 5.76 Å². The predicted molar refractivity (Wildman–Crippen MR) is 38.0 cm³/mol. The monoisotopic (exact) mass is 155 g/mol. The second-order valence-electron chi connectivity index (χ2n) is 2.28. The molecule has 1 aromatic rings. The molecule has 11 heavy (non-hydrogen) atoms. The number of carbonyl (C=O) groups is 1. The lowest BCUT2D eigenvalue weighted by Gasteiger charge is -2.02. The number of carboxylic acids is 1. The molecular weight excluding hydrogens is 146 g/mol. The zero-order valence-corrected chi connectivity index (χ0v) is 6.07. The smallest absolute Gasteiger partial charge is 0.328 e. The molecule has 0 saturated carbocycles. The Hall–Kier alpha value is -1.29. The fraction of sp³-hybridized carbons (Fsp3) is 0.286. The molecule has 0 radical (unpaired) electrons. The predicted octanol–water partition coefficient (Wildman–Crippen LogP) is 0.672. The van der Waals surface area contributed by atoms with Gasteiger partial charge in [0, 0.05) is 0 Å². The number of carboxylic acid groups (broad SMARTS) is 1. The highest BCUT2D eigenvalue weighted by molar-refractivity contribution is 5.74. The van der Waals surface area contributed by atoms with E-state index in [-0.39, 0.29) is 0 Å². The minimum atomic E-state index is -1.08. The van der Waals surface area contributed by atoms with Crippen LogP contribution in [0.1, 0.15) is 17.4 Å². The van der Waals surface area contributed by atoms with E-state index in [2.05, 4.69) is 0 Å². The summed E-state index contributed by atoms with van der Waals surface area (Å²) in [6.45, 7) is 1.75. The molecule has 0 aliphatic rings. The lowest BCUT2D eigenvalue weighted by Crippen LogP contribution is -2.20. The van der Waals surface area contributed by atoms with Crippen molar-refractivity contribution in [3.8, 4) is 0 Å². The number of nitrogens with two attached hydrogens (primary N) is 1. The number of hydrogen-bond donors (Lipinski definition) is 2. The highest BCUT2D eigenvalue weighted by Crippen LogP contribution is 2.15. The number of furan rings is 1. The standard InChI is InChI=1S/C7H9NO3/c1-4-2-3-11-6(4)5(8)7(9)10/h2-3,5H,8H2,1H3,(H,9,10). The maximum atomic E-state index is 10.4. The lowest BCUT2D eigenvalue weighted by atomic mass is 10.2. The van der Waals surface area contributed by atoms with Crippen LogP contribution in [0, 0.1) is 6.92 Å². The van der Waals surface area contributed by atoms with Crippen molar-refractivity contribution in [2.24, 2.45) is 5.73 Å². The van der Waals surface area contributed by atoms with Crippen LogP contribution in [0.4, 0.5) is 0 Å². The Labute approximate surface area is 63.6 Å². The molecule has 0 saturated heterocycles. The fourth-order valence-corrected chi connectivity index (χ4v) is 0.815. The van der Waals surface area contributed by atoms with Crippen molar-refractivity contribution in [3.05, 3.63) is 23.7 Å². The van der Waals surface area contributed by atoms with Crippen LogP contribution in [0.2, 0.25) is 0 Å². The summed E-state index contributed by atoms with van der Waals surface area (Å²) in [5, 5.41) is 8.49. The van der Waals surface area contributed by atoms with Crippen LogP contribution in [0.3, 0.4) is 0 Å². The third-order valence-electron chi connectivity index (χ3n) is 1.45. The summed E-state index contributed by atoms with van der Waals surface area (Å²) in [6.07, 6.45) is 1.42. The number of aliphatic carboxylic acids is 1. The first kappa shape index (κ1) is 7.81. The molecule has 1 atom stereocenters. The van der Waals surface area contributed by atoms with Crippen LogP contribution in [0.15, 0.2) is 16.7 Å². The summed E-state index contributed by atoms with van der Waals surface area (Å²) in [6, 6.07) is 0.628. The van der Waals surface area contributed by atoms with Crippen molar-refractivity contribution < 1.29 is 14.3 Å². The first-order valence-corrected chi connectivity index (χ1v) is 3.15. The zero-order chi connectivity index (χ0) is 8.43. The van der Waals surface area contributed by atoms with Crippen LogP contribution in [0.25, 0.3) is 0 Å². The van der Waals surface area contributed by atoms with Gasteiger partial charge in [0.25, 0.3) is 0 Å². The Morgan fingerprint density at radius 2 is 2.45 bits per heavy atom. The first-order chi connectivity index (χ1) is 5.13. The molecule has 4 nitrogen and oxygen atoms in total. The van der Waals surface area contributed by atoms with E-state index in [0.29, 0.717) is 5.76 Å². The van der Waals surface area contributed by atoms with Gasteiger partial charge in [0.2, 0.25) is 0 Å². The molecule has 0 bridgehead atoms. The van der Waals surface area contributed by atoms with E-state index in [1.54, 1.807) is 13.0 Å². The Balaban J connectivity index is 2.92. The molecule has 3 N–H and O–H groups in total. The van der Waals surface area contributed by atoms with E-state index in [1.165, 1.54) is 6.26 Å². The second-order valence-corrected chi connectivity index (χ2v) is 2.28. The molecule has 0 aliphatic carbocycles. The van der Waals surface area contributed by atoms with Gasteiger partial charge in [-0.25, -0.2) is 0 Å². The molecule has 0 aliphatic heterocycles. The van der Waals surface area contributed by atoms with Crippen molar-refractivity contribution >= 4 is 5.97 Å². The van der Waals surface area contributed by atoms with E-state index in [9.17, 15) is 4.79 Å². The van der Waals surface area contributed by atoms with Gasteiger partial charge in [-0.15, -0.1) is 0 Å². The van der Waals surface area contributed by atoms with E-state index in [0.717, 1.165) is 5.56 Å². The van der Waals surface area contributed by atoms with Crippen LogP contribution < -0.4 is 5.73 Å². The minimum Gasteiger partial charge on any atom is -0.480 e. The van der Waals surface area contributed by atoms with Crippen LogP contribution in [0.5, 0.6) is 0 Å². The number of aryl methyl sites for hydroxylation is 1. The molecule has 4 heteroatoms. The topological polar surface area (TPSA) is 76.5 Å². The zero-order valence-electron chi connectivity index (χ0n) is 6.07.